The first kappa shape index (κ1) is 46.0. The molecule has 6 atom stereocenters. The second-order valence-corrected chi connectivity index (χ2v) is 17.2. The second-order valence-electron chi connectivity index (χ2n) is 15.0. The van der Waals surface area contributed by atoms with Crippen LogP contribution in [0.25, 0.3) is 0 Å². The van der Waals surface area contributed by atoms with Gasteiger partial charge in [0.25, 0.3) is 0 Å². The van der Waals surface area contributed by atoms with Crippen molar-refractivity contribution < 1.29 is 42.2 Å². The summed E-state index contributed by atoms with van der Waals surface area (Å²) in [5, 5.41) is 24.7. The smallest absolute Gasteiger partial charge is 0.408 e. The van der Waals surface area contributed by atoms with Gasteiger partial charge < -0.3 is 36.4 Å². The third-order valence-electron chi connectivity index (χ3n) is 7.82. The molecule has 52 heavy (non-hydrogen) atoms. The van der Waals surface area contributed by atoms with E-state index in [2.05, 4.69) is 38.1 Å². The standard InChI is InChI=1S/C36H60N6O9S/c1-11-13-26(32(45)38-21-25-14-12-16-37-20-25)39-31(44)24(6)19-29(43)28(18-22(2)3)41-33(46)27(15-17-52(10,49)50)40-34(47)30(23(4)5)42-35(48)51-36(7,8)9/h11-12,14,16,20,22-24,26-30,43H,1,13,15,17-19,21H2,2-10H3,(H,38,45)(H,39,44)(H,40,47)(H,41,46)(H,42,48)/t24-,26+,27+,28+,29+,30+/m1/s1. The molecule has 1 heterocycles. The van der Waals surface area contributed by atoms with Crippen molar-refractivity contribution in [2.75, 3.05) is 12.0 Å². The van der Waals surface area contributed by atoms with Crippen molar-refractivity contribution in [1.82, 2.24) is 31.6 Å². The van der Waals surface area contributed by atoms with E-state index in [1.54, 1.807) is 66.1 Å². The number of alkyl carbamates (subject to hydrolysis) is 1. The number of carbonyl (C=O) groups excluding carboxylic acids is 5. The van der Waals surface area contributed by atoms with Crippen LogP contribution in [0.2, 0.25) is 0 Å². The number of aromatic nitrogens is 1. The van der Waals surface area contributed by atoms with Gasteiger partial charge in [0.05, 0.1) is 17.9 Å². The monoisotopic (exact) mass is 752 g/mol. The molecule has 0 aliphatic carbocycles. The van der Waals surface area contributed by atoms with E-state index in [-0.39, 0.29) is 31.7 Å². The zero-order valence-electron chi connectivity index (χ0n) is 32.0. The molecule has 0 bridgehead atoms. The van der Waals surface area contributed by atoms with E-state index >= 15 is 0 Å². The van der Waals surface area contributed by atoms with Crippen molar-refractivity contribution in [1.29, 1.82) is 0 Å². The topological polar surface area (TPSA) is 222 Å². The first-order valence-electron chi connectivity index (χ1n) is 17.6. The van der Waals surface area contributed by atoms with Crippen molar-refractivity contribution >= 4 is 39.6 Å². The highest BCUT2D eigenvalue weighted by molar-refractivity contribution is 7.90. The number of ether oxygens (including phenoxy) is 1. The van der Waals surface area contributed by atoms with Crippen LogP contribution < -0.4 is 26.6 Å². The third-order valence-corrected chi connectivity index (χ3v) is 8.79. The minimum Gasteiger partial charge on any atom is -0.444 e. The van der Waals surface area contributed by atoms with E-state index in [0.717, 1.165) is 11.8 Å². The molecule has 1 aromatic rings. The molecule has 294 valence electrons. The van der Waals surface area contributed by atoms with Crippen LogP contribution in [0.1, 0.15) is 86.6 Å². The van der Waals surface area contributed by atoms with Gasteiger partial charge in [0.1, 0.15) is 33.6 Å². The van der Waals surface area contributed by atoms with Gasteiger partial charge in [-0.2, -0.15) is 0 Å². The molecule has 0 aliphatic heterocycles. The summed E-state index contributed by atoms with van der Waals surface area (Å²) >= 11 is 0. The zero-order valence-corrected chi connectivity index (χ0v) is 32.8. The third kappa shape index (κ3) is 18.4. The summed E-state index contributed by atoms with van der Waals surface area (Å²) in [5.41, 5.74) is -0.0444. The van der Waals surface area contributed by atoms with E-state index in [1.807, 2.05) is 13.8 Å². The lowest BCUT2D eigenvalue weighted by atomic mass is 9.92. The summed E-state index contributed by atoms with van der Waals surface area (Å²) < 4.78 is 29.4. The Morgan fingerprint density at radius 1 is 0.923 bits per heavy atom. The van der Waals surface area contributed by atoms with Gasteiger partial charge in [-0.3, -0.25) is 24.2 Å². The number of nitrogens with one attached hydrogen (secondary N) is 5. The van der Waals surface area contributed by atoms with E-state index < -0.39 is 93.0 Å². The first-order chi connectivity index (χ1) is 24.0. The maximum Gasteiger partial charge on any atom is 0.408 e. The summed E-state index contributed by atoms with van der Waals surface area (Å²) in [6, 6.07) is -0.691. The molecule has 16 heteroatoms. The van der Waals surface area contributed by atoms with Crippen LogP contribution >= 0.6 is 0 Å². The SMILES string of the molecule is C=CC[C@H](NC(=O)[C@H](C)C[C@H](O)[C@H](CC(C)C)NC(=O)[C@H](CCS(C)(=O)=O)NC(=O)[C@@H](NC(=O)OC(C)(C)C)C(C)C)C(=O)NCc1cccnc1. The van der Waals surface area contributed by atoms with Crippen LogP contribution in [0.3, 0.4) is 0 Å². The summed E-state index contributed by atoms with van der Waals surface area (Å²) in [6.07, 6.45) is 3.78. The van der Waals surface area contributed by atoms with Crippen LogP contribution in [0, 0.1) is 17.8 Å². The number of aliphatic hydroxyl groups excluding tert-OH is 1. The predicted molar refractivity (Wildman–Crippen MR) is 198 cm³/mol. The minimum absolute atomic E-state index is 0.0167. The Hall–Kier alpha value is -4.05. The normalized spacial score (nSPS) is 15.3. The van der Waals surface area contributed by atoms with E-state index in [1.165, 1.54) is 6.08 Å². The lowest BCUT2D eigenvalue weighted by Gasteiger charge is -2.30. The molecule has 0 saturated heterocycles. The van der Waals surface area contributed by atoms with Gasteiger partial charge in [-0.05, 0) is 69.9 Å². The Labute approximate surface area is 308 Å². The number of hydrogen-bond acceptors (Lipinski definition) is 10. The molecule has 5 amide bonds. The van der Waals surface area contributed by atoms with Crippen molar-refractivity contribution in [3.63, 3.8) is 0 Å². The number of rotatable bonds is 21. The fourth-order valence-electron chi connectivity index (χ4n) is 5.10. The highest BCUT2D eigenvalue weighted by atomic mass is 32.2. The number of sulfone groups is 1. The van der Waals surface area contributed by atoms with Gasteiger partial charge in [-0.15, -0.1) is 6.58 Å². The van der Waals surface area contributed by atoms with E-state index in [9.17, 15) is 37.5 Å². The molecule has 0 saturated carbocycles. The Morgan fingerprint density at radius 3 is 2.08 bits per heavy atom. The Bertz CT molecular complexity index is 1450. The summed E-state index contributed by atoms with van der Waals surface area (Å²) in [7, 11) is -3.54. The Balaban J connectivity index is 3.10. The highest BCUT2D eigenvalue weighted by Gasteiger charge is 2.34. The summed E-state index contributed by atoms with van der Waals surface area (Å²) in [4.78, 5) is 69.7. The summed E-state index contributed by atoms with van der Waals surface area (Å²) in [6.45, 7) is 17.6. The van der Waals surface area contributed by atoms with E-state index in [4.69, 9.17) is 4.74 Å². The van der Waals surface area contributed by atoms with E-state index in [0.29, 0.717) is 6.42 Å². The van der Waals surface area contributed by atoms with Gasteiger partial charge in [0.15, 0.2) is 0 Å². The van der Waals surface area contributed by atoms with Crippen LogP contribution in [-0.2, 0) is 40.3 Å². The minimum atomic E-state index is -3.54. The van der Waals surface area contributed by atoms with Gasteiger partial charge >= 0.3 is 6.09 Å². The molecule has 0 spiro atoms. The fourth-order valence-corrected chi connectivity index (χ4v) is 5.76. The first-order valence-corrected chi connectivity index (χ1v) is 19.6. The molecule has 0 aliphatic rings. The number of hydrogen-bond donors (Lipinski definition) is 6. The largest absolute Gasteiger partial charge is 0.444 e. The lowest BCUT2D eigenvalue weighted by Crippen LogP contribution is -2.58. The van der Waals surface area contributed by atoms with Gasteiger partial charge in [-0.1, -0.05) is 46.8 Å². The van der Waals surface area contributed by atoms with Crippen LogP contribution in [0.4, 0.5) is 4.79 Å². The van der Waals surface area contributed by atoms with Gasteiger partial charge in [0.2, 0.25) is 23.6 Å². The molecule has 0 aromatic carbocycles. The highest BCUT2D eigenvalue weighted by Crippen LogP contribution is 2.17. The zero-order chi connectivity index (χ0) is 39.8. The molecule has 1 aromatic heterocycles. The number of nitrogens with zero attached hydrogens (tertiary/aromatic N) is 1. The molecular formula is C36H60N6O9S. The molecule has 15 nitrogen and oxygen atoms in total. The molecule has 0 unspecified atom stereocenters. The van der Waals surface area contributed by atoms with Crippen LogP contribution in [0.15, 0.2) is 37.2 Å². The van der Waals surface area contributed by atoms with Gasteiger partial charge in [-0.25, -0.2) is 13.2 Å². The number of amides is 5. The van der Waals surface area contributed by atoms with Crippen LogP contribution in [-0.4, -0.2) is 96.1 Å². The van der Waals surface area contributed by atoms with Crippen molar-refractivity contribution in [3.8, 4) is 0 Å². The number of aliphatic hydroxyl groups is 1. The lowest BCUT2D eigenvalue weighted by molar-refractivity contribution is -0.132. The Morgan fingerprint density at radius 2 is 1.56 bits per heavy atom. The molecule has 0 radical (unpaired) electrons. The van der Waals surface area contributed by atoms with Crippen LogP contribution in [0.5, 0.6) is 0 Å². The molecule has 0 fully saturated rings. The number of pyridine rings is 1. The average Bonchev–Trinajstić information content (AvgIpc) is 3.02. The van der Waals surface area contributed by atoms with Crippen molar-refractivity contribution in [2.24, 2.45) is 17.8 Å². The molecule has 1 rings (SSSR count). The average molecular weight is 753 g/mol. The summed E-state index contributed by atoms with van der Waals surface area (Å²) in [5.74, 6) is -4.02. The number of carbonyl (C=O) groups is 5. The van der Waals surface area contributed by atoms with Crippen molar-refractivity contribution in [3.05, 3.63) is 42.7 Å². The predicted octanol–water partition coefficient (Wildman–Crippen LogP) is 2.15. The quantitative estimate of drug-likeness (QED) is 0.100. The van der Waals surface area contributed by atoms with Crippen molar-refractivity contribution in [2.45, 2.75) is 123 Å². The maximum absolute atomic E-state index is 13.7. The maximum atomic E-state index is 13.7. The van der Waals surface area contributed by atoms with Gasteiger partial charge in [0, 0.05) is 31.1 Å². The Kier molecular flexibility index (Phi) is 19.0. The fraction of sp³-hybridized carbons (Fsp3) is 0.667. The second kappa shape index (κ2) is 21.5. The molecular weight excluding hydrogens is 692 g/mol. The molecule has 6 N–H and O–H groups in total.